The first-order valence-corrected chi connectivity index (χ1v) is 5.33. The maximum Gasteiger partial charge on any atom is 0.0431 e. The first kappa shape index (κ1) is 10.1. The van der Waals surface area contributed by atoms with Crippen molar-refractivity contribution in [3.63, 3.8) is 0 Å². The van der Waals surface area contributed by atoms with E-state index < -0.39 is 0 Å². The van der Waals surface area contributed by atoms with Gasteiger partial charge in [-0.05, 0) is 45.3 Å². The number of aromatic nitrogens is 2. The summed E-state index contributed by atoms with van der Waals surface area (Å²) in [6.07, 6.45) is 11.2. The van der Waals surface area contributed by atoms with Gasteiger partial charge in [-0.15, -0.1) is 0 Å². The van der Waals surface area contributed by atoms with Gasteiger partial charge in [0.05, 0.1) is 0 Å². The van der Waals surface area contributed by atoms with Crippen LogP contribution in [-0.2, 0) is 0 Å². The largest absolute Gasteiger partial charge is 0.265 e. The van der Waals surface area contributed by atoms with Gasteiger partial charge in [0.2, 0.25) is 0 Å². The first-order chi connectivity index (χ1) is 7.36. The number of halogens is 1. The SMILES string of the molecule is Brc1cnccc1C=Cc1ccncc1. The summed E-state index contributed by atoms with van der Waals surface area (Å²) in [6, 6.07) is 5.89. The van der Waals surface area contributed by atoms with Crippen LogP contribution in [0.1, 0.15) is 11.1 Å². The van der Waals surface area contributed by atoms with Crippen LogP contribution in [0.2, 0.25) is 0 Å². The maximum atomic E-state index is 4.01. The van der Waals surface area contributed by atoms with Gasteiger partial charge in [0, 0.05) is 29.3 Å². The smallest absolute Gasteiger partial charge is 0.0431 e. The molecule has 2 heterocycles. The lowest BCUT2D eigenvalue weighted by Gasteiger charge is -1.96. The monoisotopic (exact) mass is 260 g/mol. The zero-order valence-electron chi connectivity index (χ0n) is 7.97. The summed E-state index contributed by atoms with van der Waals surface area (Å²) in [5, 5.41) is 0. The molecule has 0 saturated carbocycles. The van der Waals surface area contributed by atoms with E-state index in [9.17, 15) is 0 Å². The molecule has 0 aliphatic carbocycles. The minimum absolute atomic E-state index is 0.996. The van der Waals surface area contributed by atoms with Crippen molar-refractivity contribution in [3.05, 3.63) is 58.6 Å². The Morgan fingerprint density at radius 1 is 0.933 bits per heavy atom. The van der Waals surface area contributed by atoms with Gasteiger partial charge >= 0.3 is 0 Å². The summed E-state index contributed by atoms with van der Waals surface area (Å²) < 4.78 is 0.996. The van der Waals surface area contributed by atoms with E-state index in [1.165, 1.54) is 0 Å². The molecule has 0 unspecified atom stereocenters. The highest BCUT2D eigenvalue weighted by atomic mass is 79.9. The second-order valence-corrected chi connectivity index (χ2v) is 3.87. The van der Waals surface area contributed by atoms with E-state index >= 15 is 0 Å². The first-order valence-electron chi connectivity index (χ1n) is 4.54. The van der Waals surface area contributed by atoms with Crippen molar-refractivity contribution in [1.29, 1.82) is 0 Å². The lowest BCUT2D eigenvalue weighted by atomic mass is 10.2. The molecule has 2 rings (SSSR count). The predicted molar refractivity (Wildman–Crippen MR) is 65.1 cm³/mol. The normalized spacial score (nSPS) is 10.7. The standard InChI is InChI=1S/C12H9BrN2/c13-12-9-15-8-5-11(12)2-1-10-3-6-14-7-4-10/h1-9H. The highest BCUT2D eigenvalue weighted by molar-refractivity contribution is 9.10. The fourth-order valence-electron chi connectivity index (χ4n) is 1.18. The van der Waals surface area contributed by atoms with E-state index in [0.717, 1.165) is 15.6 Å². The summed E-state index contributed by atoms with van der Waals surface area (Å²) >= 11 is 3.44. The predicted octanol–water partition coefficient (Wildman–Crippen LogP) is 3.41. The van der Waals surface area contributed by atoms with Gasteiger partial charge in [0.25, 0.3) is 0 Å². The third-order valence-electron chi connectivity index (χ3n) is 1.97. The van der Waals surface area contributed by atoms with E-state index in [2.05, 4.69) is 25.9 Å². The van der Waals surface area contributed by atoms with Crippen molar-refractivity contribution in [2.75, 3.05) is 0 Å². The van der Waals surface area contributed by atoms with Gasteiger partial charge < -0.3 is 0 Å². The van der Waals surface area contributed by atoms with E-state index in [-0.39, 0.29) is 0 Å². The van der Waals surface area contributed by atoms with Crippen molar-refractivity contribution in [3.8, 4) is 0 Å². The molecule has 0 bridgehead atoms. The van der Waals surface area contributed by atoms with Crippen LogP contribution in [0.4, 0.5) is 0 Å². The quantitative estimate of drug-likeness (QED) is 0.827. The lowest BCUT2D eigenvalue weighted by molar-refractivity contribution is 1.30. The summed E-state index contributed by atoms with van der Waals surface area (Å²) in [5.74, 6) is 0. The number of hydrogen-bond donors (Lipinski definition) is 0. The second kappa shape index (κ2) is 4.84. The number of hydrogen-bond acceptors (Lipinski definition) is 2. The number of rotatable bonds is 2. The molecule has 74 valence electrons. The summed E-state index contributed by atoms with van der Waals surface area (Å²) in [5.41, 5.74) is 2.25. The maximum absolute atomic E-state index is 4.01. The highest BCUT2D eigenvalue weighted by Crippen LogP contribution is 2.17. The zero-order valence-corrected chi connectivity index (χ0v) is 9.55. The van der Waals surface area contributed by atoms with Crippen molar-refractivity contribution in [2.45, 2.75) is 0 Å². The fourth-order valence-corrected chi connectivity index (χ4v) is 1.56. The summed E-state index contributed by atoms with van der Waals surface area (Å²) in [4.78, 5) is 7.97. The summed E-state index contributed by atoms with van der Waals surface area (Å²) in [6.45, 7) is 0. The van der Waals surface area contributed by atoms with Crippen LogP contribution in [0.15, 0.2) is 47.5 Å². The third-order valence-corrected chi connectivity index (χ3v) is 2.63. The average Bonchev–Trinajstić information content (AvgIpc) is 2.29. The van der Waals surface area contributed by atoms with Gasteiger partial charge in [-0.2, -0.15) is 0 Å². The molecule has 15 heavy (non-hydrogen) atoms. The van der Waals surface area contributed by atoms with Crippen LogP contribution in [-0.4, -0.2) is 9.97 Å². The Bertz CT molecular complexity index is 466. The second-order valence-electron chi connectivity index (χ2n) is 3.01. The fraction of sp³-hybridized carbons (Fsp3) is 0. The minimum atomic E-state index is 0.996. The summed E-state index contributed by atoms with van der Waals surface area (Å²) in [7, 11) is 0. The molecule has 0 spiro atoms. The third kappa shape index (κ3) is 2.73. The number of pyridine rings is 2. The van der Waals surface area contributed by atoms with Crippen LogP contribution in [0.25, 0.3) is 12.2 Å². The van der Waals surface area contributed by atoms with Gasteiger partial charge in [0.15, 0.2) is 0 Å². The molecule has 0 N–H and O–H groups in total. The Hall–Kier alpha value is -1.48. The van der Waals surface area contributed by atoms with Crippen molar-refractivity contribution in [1.82, 2.24) is 9.97 Å². The Kier molecular flexibility index (Phi) is 3.25. The van der Waals surface area contributed by atoms with Crippen molar-refractivity contribution < 1.29 is 0 Å². The molecule has 0 saturated heterocycles. The van der Waals surface area contributed by atoms with E-state index in [4.69, 9.17) is 0 Å². The van der Waals surface area contributed by atoms with Crippen LogP contribution >= 0.6 is 15.9 Å². The van der Waals surface area contributed by atoms with E-state index in [1.54, 1.807) is 24.8 Å². The minimum Gasteiger partial charge on any atom is -0.265 e. The molecule has 2 nitrogen and oxygen atoms in total. The molecule has 0 atom stereocenters. The van der Waals surface area contributed by atoms with Crippen LogP contribution in [0, 0.1) is 0 Å². The van der Waals surface area contributed by atoms with Gasteiger partial charge in [-0.1, -0.05) is 12.2 Å². The van der Waals surface area contributed by atoms with Crippen molar-refractivity contribution in [2.24, 2.45) is 0 Å². The van der Waals surface area contributed by atoms with Crippen LogP contribution in [0.5, 0.6) is 0 Å². The van der Waals surface area contributed by atoms with Crippen LogP contribution in [0.3, 0.4) is 0 Å². The molecule has 2 aromatic rings. The number of nitrogens with zero attached hydrogens (tertiary/aromatic N) is 2. The van der Waals surface area contributed by atoms with Gasteiger partial charge in [-0.25, -0.2) is 0 Å². The molecule has 2 aromatic heterocycles. The molecule has 0 fully saturated rings. The van der Waals surface area contributed by atoms with Gasteiger partial charge in [-0.3, -0.25) is 9.97 Å². The topological polar surface area (TPSA) is 25.8 Å². The van der Waals surface area contributed by atoms with E-state index in [0.29, 0.717) is 0 Å². The Balaban J connectivity index is 2.23. The van der Waals surface area contributed by atoms with E-state index in [1.807, 2.05) is 30.4 Å². The molecule has 0 aliphatic heterocycles. The average molecular weight is 261 g/mol. The molecule has 0 aromatic carbocycles. The zero-order chi connectivity index (χ0) is 10.5. The molecule has 3 heteroatoms. The molecular formula is C12H9BrN2. The molecule has 0 amide bonds. The Morgan fingerprint density at radius 3 is 2.40 bits per heavy atom. The molecule has 0 radical (unpaired) electrons. The van der Waals surface area contributed by atoms with Gasteiger partial charge in [0.1, 0.15) is 0 Å². The van der Waals surface area contributed by atoms with Crippen molar-refractivity contribution >= 4 is 28.1 Å². The molecular weight excluding hydrogens is 252 g/mol. The van der Waals surface area contributed by atoms with Crippen LogP contribution < -0.4 is 0 Å². The Morgan fingerprint density at radius 2 is 1.67 bits per heavy atom. The Labute approximate surface area is 96.8 Å². The molecule has 0 aliphatic rings. The highest BCUT2D eigenvalue weighted by Gasteiger charge is 1.93. The lowest BCUT2D eigenvalue weighted by Crippen LogP contribution is -1.77.